The standard InChI is InChI=1S/C11H12F3NO4/c1-4-18-10(16)7-5-8(17-3)9(6(2)15-7)19-11(12,13)14/h5H,4H2,1-3H3. The highest BCUT2D eigenvalue weighted by atomic mass is 19.4. The Labute approximate surface area is 107 Å². The lowest BCUT2D eigenvalue weighted by atomic mass is 10.2. The second kappa shape index (κ2) is 5.77. The van der Waals surface area contributed by atoms with Gasteiger partial charge in [0.2, 0.25) is 0 Å². The number of nitrogens with zero attached hydrogens (tertiary/aromatic N) is 1. The minimum atomic E-state index is -4.87. The molecule has 1 aromatic rings. The van der Waals surface area contributed by atoms with Crippen LogP contribution in [0.3, 0.4) is 0 Å². The van der Waals surface area contributed by atoms with E-state index in [1.165, 1.54) is 6.92 Å². The van der Waals surface area contributed by atoms with Gasteiger partial charge in [-0.25, -0.2) is 9.78 Å². The molecule has 0 saturated carbocycles. The number of aryl methyl sites for hydroxylation is 1. The number of esters is 1. The van der Waals surface area contributed by atoms with Crippen molar-refractivity contribution in [2.24, 2.45) is 0 Å². The number of alkyl halides is 3. The van der Waals surface area contributed by atoms with Crippen LogP contribution in [0.15, 0.2) is 6.07 Å². The van der Waals surface area contributed by atoms with E-state index < -0.39 is 18.1 Å². The Bertz CT molecular complexity index is 474. The summed E-state index contributed by atoms with van der Waals surface area (Å²) < 4.78 is 49.9. The Balaban J connectivity index is 3.18. The molecule has 0 spiro atoms. The van der Waals surface area contributed by atoms with Gasteiger partial charge in [-0.15, -0.1) is 13.2 Å². The third-order valence-corrected chi connectivity index (χ3v) is 2.03. The summed E-state index contributed by atoms with van der Waals surface area (Å²) in [5.41, 5.74) is -0.273. The van der Waals surface area contributed by atoms with Crippen molar-refractivity contribution in [2.75, 3.05) is 13.7 Å². The Morgan fingerprint density at radius 3 is 2.53 bits per heavy atom. The molecule has 8 heteroatoms. The van der Waals surface area contributed by atoms with Crippen molar-refractivity contribution in [1.82, 2.24) is 4.98 Å². The van der Waals surface area contributed by atoms with E-state index in [0.717, 1.165) is 13.2 Å². The lowest BCUT2D eigenvalue weighted by molar-refractivity contribution is -0.275. The molecule has 0 aromatic carbocycles. The molecule has 1 rings (SSSR count). The van der Waals surface area contributed by atoms with Crippen LogP contribution in [0.2, 0.25) is 0 Å². The van der Waals surface area contributed by atoms with E-state index in [4.69, 9.17) is 9.47 Å². The number of hydrogen-bond acceptors (Lipinski definition) is 5. The number of pyridine rings is 1. The van der Waals surface area contributed by atoms with Gasteiger partial charge in [-0.05, 0) is 13.8 Å². The van der Waals surface area contributed by atoms with Crippen molar-refractivity contribution in [1.29, 1.82) is 0 Å². The highest BCUT2D eigenvalue weighted by Crippen LogP contribution is 2.34. The largest absolute Gasteiger partial charge is 0.573 e. The average Bonchev–Trinajstić information content (AvgIpc) is 2.30. The Hall–Kier alpha value is -1.99. The quantitative estimate of drug-likeness (QED) is 0.792. The summed E-state index contributed by atoms with van der Waals surface area (Å²) in [7, 11) is 1.16. The summed E-state index contributed by atoms with van der Waals surface area (Å²) in [6, 6.07) is 1.03. The molecule has 19 heavy (non-hydrogen) atoms. The predicted octanol–water partition coefficient (Wildman–Crippen LogP) is 2.47. The fraction of sp³-hybridized carbons (Fsp3) is 0.455. The molecule has 106 valence electrons. The van der Waals surface area contributed by atoms with Gasteiger partial charge in [-0.1, -0.05) is 0 Å². The first-order valence-electron chi connectivity index (χ1n) is 5.27. The molecule has 1 heterocycles. The molecule has 0 N–H and O–H groups in total. The topological polar surface area (TPSA) is 57.7 Å². The van der Waals surface area contributed by atoms with Gasteiger partial charge in [-0.2, -0.15) is 0 Å². The van der Waals surface area contributed by atoms with Crippen molar-refractivity contribution in [3.05, 3.63) is 17.5 Å². The minimum absolute atomic E-state index is 0.125. The van der Waals surface area contributed by atoms with Crippen LogP contribution in [0.25, 0.3) is 0 Å². The normalized spacial score (nSPS) is 11.1. The van der Waals surface area contributed by atoms with E-state index in [1.807, 2.05) is 0 Å². The Kier molecular flexibility index (Phi) is 4.57. The van der Waals surface area contributed by atoms with Gasteiger partial charge < -0.3 is 14.2 Å². The van der Waals surface area contributed by atoms with E-state index in [9.17, 15) is 18.0 Å². The van der Waals surface area contributed by atoms with Crippen LogP contribution in [0, 0.1) is 6.92 Å². The van der Waals surface area contributed by atoms with Crippen LogP contribution in [0.5, 0.6) is 11.5 Å². The molecule has 0 radical (unpaired) electrons. The Morgan fingerprint density at radius 1 is 1.42 bits per heavy atom. The number of carbonyl (C=O) groups excluding carboxylic acids is 1. The maximum atomic E-state index is 12.2. The van der Waals surface area contributed by atoms with Crippen LogP contribution < -0.4 is 9.47 Å². The average molecular weight is 279 g/mol. The predicted molar refractivity (Wildman–Crippen MR) is 58.2 cm³/mol. The minimum Gasteiger partial charge on any atom is -0.493 e. The first kappa shape index (κ1) is 15.1. The van der Waals surface area contributed by atoms with Crippen molar-refractivity contribution < 1.29 is 32.2 Å². The van der Waals surface area contributed by atoms with Crippen LogP contribution in [-0.2, 0) is 4.74 Å². The fourth-order valence-electron chi connectivity index (χ4n) is 1.33. The molecule has 0 amide bonds. The first-order chi connectivity index (χ1) is 8.78. The zero-order valence-electron chi connectivity index (χ0n) is 10.5. The second-order valence-electron chi connectivity index (χ2n) is 3.39. The van der Waals surface area contributed by atoms with Gasteiger partial charge >= 0.3 is 12.3 Å². The van der Waals surface area contributed by atoms with Gasteiger partial charge in [-0.3, -0.25) is 0 Å². The summed E-state index contributed by atoms with van der Waals surface area (Å²) in [5, 5.41) is 0. The van der Waals surface area contributed by atoms with Gasteiger partial charge in [0.1, 0.15) is 0 Å². The number of carbonyl (C=O) groups is 1. The number of aromatic nitrogens is 1. The number of methoxy groups -OCH3 is 1. The van der Waals surface area contributed by atoms with Crippen molar-refractivity contribution in [3.8, 4) is 11.5 Å². The van der Waals surface area contributed by atoms with Crippen molar-refractivity contribution in [2.45, 2.75) is 20.2 Å². The third kappa shape index (κ3) is 4.01. The number of halogens is 3. The van der Waals surface area contributed by atoms with Crippen LogP contribution in [0.4, 0.5) is 13.2 Å². The zero-order valence-corrected chi connectivity index (χ0v) is 10.5. The maximum Gasteiger partial charge on any atom is 0.573 e. The summed E-state index contributed by atoms with van der Waals surface area (Å²) in [6.07, 6.45) is -4.87. The van der Waals surface area contributed by atoms with E-state index in [-0.39, 0.29) is 23.7 Å². The van der Waals surface area contributed by atoms with E-state index in [0.29, 0.717) is 0 Å². The van der Waals surface area contributed by atoms with E-state index >= 15 is 0 Å². The summed E-state index contributed by atoms with van der Waals surface area (Å²) >= 11 is 0. The van der Waals surface area contributed by atoms with Gasteiger partial charge in [0.15, 0.2) is 17.2 Å². The van der Waals surface area contributed by atoms with Crippen LogP contribution in [-0.4, -0.2) is 31.0 Å². The van der Waals surface area contributed by atoms with Crippen LogP contribution >= 0.6 is 0 Å². The molecule has 0 saturated heterocycles. The maximum absolute atomic E-state index is 12.2. The molecule has 0 unspecified atom stereocenters. The molecule has 0 aliphatic heterocycles. The second-order valence-corrected chi connectivity index (χ2v) is 3.39. The molecule has 0 aliphatic rings. The molecule has 5 nitrogen and oxygen atoms in total. The molecule has 1 aromatic heterocycles. The first-order valence-corrected chi connectivity index (χ1v) is 5.27. The summed E-state index contributed by atoms with van der Waals surface area (Å²) in [4.78, 5) is 15.2. The van der Waals surface area contributed by atoms with Crippen molar-refractivity contribution >= 4 is 5.97 Å². The lowest BCUT2D eigenvalue weighted by Gasteiger charge is -2.15. The zero-order chi connectivity index (χ0) is 14.6. The Morgan fingerprint density at radius 2 is 2.05 bits per heavy atom. The van der Waals surface area contributed by atoms with Gasteiger partial charge in [0, 0.05) is 6.07 Å². The number of hydrogen-bond donors (Lipinski definition) is 0. The van der Waals surface area contributed by atoms with Crippen molar-refractivity contribution in [3.63, 3.8) is 0 Å². The lowest BCUT2D eigenvalue weighted by Crippen LogP contribution is -2.19. The summed E-state index contributed by atoms with van der Waals surface area (Å²) in [6.45, 7) is 3.00. The molecular formula is C11H12F3NO4. The third-order valence-electron chi connectivity index (χ3n) is 2.03. The number of rotatable bonds is 4. The molecular weight excluding hydrogens is 267 g/mol. The SMILES string of the molecule is CCOC(=O)c1cc(OC)c(OC(F)(F)F)c(C)n1. The monoisotopic (exact) mass is 279 g/mol. The van der Waals surface area contributed by atoms with Gasteiger partial charge in [0.25, 0.3) is 0 Å². The molecule has 0 bridgehead atoms. The summed E-state index contributed by atoms with van der Waals surface area (Å²) in [5.74, 6) is -1.57. The van der Waals surface area contributed by atoms with Gasteiger partial charge in [0.05, 0.1) is 19.4 Å². The molecule has 0 aliphatic carbocycles. The number of ether oxygens (including phenoxy) is 3. The fourth-order valence-corrected chi connectivity index (χ4v) is 1.33. The van der Waals surface area contributed by atoms with E-state index in [2.05, 4.69) is 9.72 Å². The molecule has 0 atom stereocenters. The van der Waals surface area contributed by atoms with E-state index in [1.54, 1.807) is 6.92 Å². The molecule has 0 fully saturated rings. The van der Waals surface area contributed by atoms with Crippen LogP contribution in [0.1, 0.15) is 23.1 Å². The highest BCUT2D eigenvalue weighted by Gasteiger charge is 2.34. The highest BCUT2D eigenvalue weighted by molar-refractivity contribution is 5.88. The smallest absolute Gasteiger partial charge is 0.493 e.